The van der Waals surface area contributed by atoms with Crippen LogP contribution in [0.2, 0.25) is 0 Å². The number of hydrogen-bond acceptors (Lipinski definition) is 6. The van der Waals surface area contributed by atoms with E-state index in [0.717, 1.165) is 11.0 Å². The highest BCUT2D eigenvalue weighted by Crippen LogP contribution is 2.37. The minimum atomic E-state index is -0.554. The molecule has 186 valence electrons. The van der Waals surface area contributed by atoms with Crippen molar-refractivity contribution in [3.63, 3.8) is 0 Å². The van der Waals surface area contributed by atoms with Crippen molar-refractivity contribution in [3.8, 4) is 0 Å². The molecule has 3 heterocycles. The Morgan fingerprint density at radius 3 is 2.21 bits per heavy atom. The Hall–Kier alpha value is -1.90. The molecule has 3 saturated heterocycles. The van der Waals surface area contributed by atoms with Crippen molar-refractivity contribution in [1.82, 2.24) is 4.90 Å². The molecule has 2 atom stereocenters. The molecule has 0 radical (unpaired) electrons. The van der Waals surface area contributed by atoms with Crippen LogP contribution in [0.3, 0.4) is 0 Å². The van der Waals surface area contributed by atoms with Gasteiger partial charge in [0.1, 0.15) is 11.4 Å². The molecule has 1 aromatic rings. The standard InChI is InChI=1S/C26H38BNO6/c1-24(2,3)32-23(30)28-20-13-18(14-21(28)16-31-15-20)22(29)12-17-9-8-10-19(11-17)27-33-25(4,5)26(6,7)34-27/h8-11,18,20-21H,12-16H2,1-7H3. The topological polar surface area (TPSA) is 74.3 Å². The summed E-state index contributed by atoms with van der Waals surface area (Å²) in [4.78, 5) is 27.9. The number of nitrogens with zero attached hydrogens (tertiary/aromatic N) is 1. The Labute approximate surface area is 203 Å². The molecule has 4 rings (SSSR count). The van der Waals surface area contributed by atoms with Crippen LogP contribution in [0.5, 0.6) is 0 Å². The van der Waals surface area contributed by atoms with Crippen LogP contribution in [-0.4, -0.2) is 66.0 Å². The van der Waals surface area contributed by atoms with E-state index in [0.29, 0.717) is 32.5 Å². The maximum Gasteiger partial charge on any atom is 0.494 e. The fraction of sp³-hybridized carbons (Fsp3) is 0.692. The molecule has 3 fully saturated rings. The van der Waals surface area contributed by atoms with Crippen LogP contribution >= 0.6 is 0 Å². The lowest BCUT2D eigenvalue weighted by molar-refractivity contribution is -0.131. The summed E-state index contributed by atoms with van der Waals surface area (Å²) in [5.74, 6) is 0.102. The lowest BCUT2D eigenvalue weighted by Gasteiger charge is -2.47. The molecule has 7 nitrogen and oxygen atoms in total. The molecule has 0 aliphatic carbocycles. The third kappa shape index (κ3) is 5.19. The molecular weight excluding hydrogens is 433 g/mol. The number of benzene rings is 1. The SMILES string of the molecule is CC(C)(C)OC(=O)N1C2COCC1CC(C(=O)Cc1cccc(B3OC(C)(C)C(C)(C)O3)c1)C2. The van der Waals surface area contributed by atoms with Crippen LogP contribution in [0.4, 0.5) is 4.79 Å². The van der Waals surface area contributed by atoms with Gasteiger partial charge in [0.05, 0.1) is 36.5 Å². The number of morpholine rings is 1. The predicted octanol–water partition coefficient (Wildman–Crippen LogP) is 3.51. The van der Waals surface area contributed by atoms with E-state index in [1.54, 1.807) is 4.90 Å². The van der Waals surface area contributed by atoms with E-state index < -0.39 is 23.9 Å². The number of ketones is 1. The number of ether oxygens (including phenoxy) is 2. The molecular formula is C26H38BNO6. The molecule has 8 heteroatoms. The number of carbonyl (C=O) groups is 2. The van der Waals surface area contributed by atoms with Gasteiger partial charge >= 0.3 is 13.2 Å². The summed E-state index contributed by atoms with van der Waals surface area (Å²) in [5.41, 5.74) is 0.500. The molecule has 3 aliphatic heterocycles. The molecule has 2 unspecified atom stereocenters. The van der Waals surface area contributed by atoms with Gasteiger partial charge in [-0.1, -0.05) is 24.3 Å². The first-order valence-corrected chi connectivity index (χ1v) is 12.3. The Bertz CT molecular complexity index is 909. The summed E-state index contributed by atoms with van der Waals surface area (Å²) in [6, 6.07) is 7.67. The Balaban J connectivity index is 1.42. The van der Waals surface area contributed by atoms with Gasteiger partial charge in [0.15, 0.2) is 0 Å². The van der Waals surface area contributed by atoms with E-state index >= 15 is 0 Å². The summed E-state index contributed by atoms with van der Waals surface area (Å²) in [7, 11) is -0.450. The lowest BCUT2D eigenvalue weighted by atomic mass is 9.77. The van der Waals surface area contributed by atoms with Crippen molar-refractivity contribution in [2.45, 2.75) is 96.6 Å². The first-order valence-electron chi connectivity index (χ1n) is 12.3. The Kier molecular flexibility index (Phi) is 6.64. The number of carbonyl (C=O) groups excluding carboxylic acids is 2. The van der Waals surface area contributed by atoms with Crippen LogP contribution in [0, 0.1) is 5.92 Å². The molecule has 0 aromatic heterocycles. The van der Waals surface area contributed by atoms with Crippen LogP contribution in [0.25, 0.3) is 0 Å². The maximum atomic E-state index is 13.3. The van der Waals surface area contributed by atoms with Gasteiger partial charge in [-0.25, -0.2) is 4.79 Å². The van der Waals surface area contributed by atoms with E-state index in [2.05, 4.69) is 0 Å². The highest BCUT2D eigenvalue weighted by molar-refractivity contribution is 6.62. The molecule has 0 N–H and O–H groups in total. The molecule has 1 amide bonds. The van der Waals surface area contributed by atoms with E-state index in [-0.39, 0.29) is 29.9 Å². The van der Waals surface area contributed by atoms with Gasteiger partial charge in [0.25, 0.3) is 0 Å². The Morgan fingerprint density at radius 1 is 1.06 bits per heavy atom. The zero-order valence-corrected chi connectivity index (χ0v) is 21.6. The fourth-order valence-corrected chi connectivity index (χ4v) is 4.97. The van der Waals surface area contributed by atoms with E-state index in [1.807, 2.05) is 72.7 Å². The number of piperidine rings is 1. The van der Waals surface area contributed by atoms with Gasteiger partial charge in [-0.15, -0.1) is 0 Å². The zero-order valence-electron chi connectivity index (χ0n) is 21.6. The first kappa shape index (κ1) is 25.2. The third-order valence-corrected chi connectivity index (χ3v) is 7.43. The average molecular weight is 471 g/mol. The lowest BCUT2D eigenvalue weighted by Crippen LogP contribution is -2.60. The van der Waals surface area contributed by atoms with Gasteiger partial charge in [0.2, 0.25) is 0 Å². The van der Waals surface area contributed by atoms with Gasteiger partial charge in [-0.2, -0.15) is 0 Å². The Morgan fingerprint density at radius 2 is 1.65 bits per heavy atom. The van der Waals surface area contributed by atoms with Gasteiger partial charge in [-0.05, 0) is 72.3 Å². The molecule has 34 heavy (non-hydrogen) atoms. The van der Waals surface area contributed by atoms with Crippen LogP contribution in [0.15, 0.2) is 24.3 Å². The number of amides is 1. The smallest absolute Gasteiger partial charge is 0.444 e. The van der Waals surface area contributed by atoms with Crippen LogP contribution < -0.4 is 5.46 Å². The molecule has 0 saturated carbocycles. The van der Waals surface area contributed by atoms with Crippen molar-refractivity contribution >= 4 is 24.5 Å². The number of hydrogen-bond donors (Lipinski definition) is 0. The highest BCUT2D eigenvalue weighted by Gasteiger charge is 2.51. The monoisotopic (exact) mass is 471 g/mol. The van der Waals surface area contributed by atoms with E-state index in [1.165, 1.54) is 0 Å². The van der Waals surface area contributed by atoms with Crippen molar-refractivity contribution in [2.75, 3.05) is 13.2 Å². The van der Waals surface area contributed by atoms with Crippen molar-refractivity contribution in [2.24, 2.45) is 5.92 Å². The maximum absolute atomic E-state index is 13.3. The van der Waals surface area contributed by atoms with E-state index in [4.69, 9.17) is 18.8 Å². The van der Waals surface area contributed by atoms with Crippen LogP contribution in [0.1, 0.15) is 66.9 Å². The minimum absolute atomic E-state index is 0.0990. The molecule has 1 aromatic carbocycles. The zero-order chi connectivity index (χ0) is 24.9. The second-order valence-electron chi connectivity index (χ2n) is 11.9. The highest BCUT2D eigenvalue weighted by atomic mass is 16.7. The first-order chi connectivity index (χ1) is 15.8. The molecule has 3 aliphatic rings. The fourth-order valence-electron chi connectivity index (χ4n) is 4.97. The van der Waals surface area contributed by atoms with Gasteiger partial charge in [0, 0.05) is 12.3 Å². The largest absolute Gasteiger partial charge is 0.494 e. The summed E-state index contributed by atoms with van der Waals surface area (Å²) in [6.45, 7) is 14.6. The van der Waals surface area contributed by atoms with Crippen molar-refractivity contribution in [3.05, 3.63) is 29.8 Å². The minimum Gasteiger partial charge on any atom is -0.444 e. The average Bonchev–Trinajstić information content (AvgIpc) is 2.93. The van der Waals surface area contributed by atoms with Crippen molar-refractivity contribution < 1.29 is 28.4 Å². The predicted molar refractivity (Wildman–Crippen MR) is 130 cm³/mol. The number of Topliss-reactive ketones (excluding diaryl/α,β-unsaturated/α-hetero) is 1. The number of fused-ring (bicyclic) bond motifs is 2. The summed E-state index contributed by atoms with van der Waals surface area (Å²) >= 11 is 0. The second kappa shape index (κ2) is 8.96. The van der Waals surface area contributed by atoms with Crippen molar-refractivity contribution in [1.29, 1.82) is 0 Å². The summed E-state index contributed by atoms with van der Waals surface area (Å²) < 4.78 is 23.7. The quantitative estimate of drug-likeness (QED) is 0.626. The van der Waals surface area contributed by atoms with Gasteiger partial charge in [-0.3, -0.25) is 9.69 Å². The summed E-state index contributed by atoms with van der Waals surface area (Å²) in [5, 5.41) is 0. The van der Waals surface area contributed by atoms with E-state index in [9.17, 15) is 9.59 Å². The molecule has 2 bridgehead atoms. The number of rotatable bonds is 4. The second-order valence-corrected chi connectivity index (χ2v) is 11.9. The normalized spacial score (nSPS) is 28.0. The summed E-state index contributed by atoms with van der Waals surface area (Å²) in [6.07, 6.45) is 1.24. The molecule has 0 spiro atoms. The van der Waals surface area contributed by atoms with Gasteiger partial charge < -0.3 is 18.8 Å². The third-order valence-electron chi connectivity index (χ3n) is 7.43. The van der Waals surface area contributed by atoms with Crippen LogP contribution in [-0.2, 0) is 30.0 Å².